The van der Waals surface area contributed by atoms with Crippen molar-refractivity contribution >= 4 is 11.9 Å². The SMILES string of the molecule is CCCC[C@@H](NC(=O)C(C)(c1ccccc1)c1ccccc1)C(=O)O. The Morgan fingerprint density at radius 2 is 1.48 bits per heavy atom. The molecule has 2 rings (SSSR count). The summed E-state index contributed by atoms with van der Waals surface area (Å²) in [5, 5.41) is 12.2. The first-order chi connectivity index (χ1) is 12.0. The van der Waals surface area contributed by atoms with E-state index in [0.29, 0.717) is 6.42 Å². The standard InChI is InChI=1S/C21H25NO3/c1-3-4-15-18(19(23)24)22-20(25)21(2,16-11-7-5-8-12-16)17-13-9-6-10-14-17/h5-14,18H,3-4,15H2,1-2H3,(H,22,25)(H,23,24)/t18-/m1/s1. The molecule has 0 spiro atoms. The van der Waals surface area contributed by atoms with Gasteiger partial charge in [0.15, 0.2) is 0 Å². The number of nitrogens with one attached hydrogen (secondary N) is 1. The van der Waals surface area contributed by atoms with Crippen LogP contribution < -0.4 is 5.32 Å². The lowest BCUT2D eigenvalue weighted by atomic mass is 9.75. The first kappa shape index (κ1) is 18.7. The van der Waals surface area contributed by atoms with Crippen LogP contribution >= 0.6 is 0 Å². The molecule has 4 nitrogen and oxygen atoms in total. The third kappa shape index (κ3) is 4.27. The molecule has 0 heterocycles. The number of hydrogen-bond donors (Lipinski definition) is 2. The minimum Gasteiger partial charge on any atom is -0.480 e. The van der Waals surface area contributed by atoms with Crippen molar-refractivity contribution in [3.8, 4) is 0 Å². The fraction of sp³-hybridized carbons (Fsp3) is 0.333. The van der Waals surface area contributed by atoms with Gasteiger partial charge in [0.2, 0.25) is 5.91 Å². The molecular weight excluding hydrogens is 314 g/mol. The molecule has 2 N–H and O–H groups in total. The third-order valence-electron chi connectivity index (χ3n) is 4.61. The van der Waals surface area contributed by atoms with E-state index in [1.807, 2.05) is 74.5 Å². The van der Waals surface area contributed by atoms with E-state index in [-0.39, 0.29) is 5.91 Å². The third-order valence-corrected chi connectivity index (χ3v) is 4.61. The maximum absolute atomic E-state index is 13.2. The van der Waals surface area contributed by atoms with E-state index in [0.717, 1.165) is 24.0 Å². The maximum Gasteiger partial charge on any atom is 0.326 e. The molecule has 132 valence electrons. The van der Waals surface area contributed by atoms with Crippen LogP contribution in [0, 0.1) is 0 Å². The van der Waals surface area contributed by atoms with Gasteiger partial charge in [-0.1, -0.05) is 80.4 Å². The zero-order chi connectivity index (χ0) is 18.3. The smallest absolute Gasteiger partial charge is 0.326 e. The molecule has 0 bridgehead atoms. The highest BCUT2D eigenvalue weighted by Gasteiger charge is 2.38. The number of rotatable bonds is 8. The second-order valence-corrected chi connectivity index (χ2v) is 6.36. The number of carbonyl (C=O) groups excluding carboxylic acids is 1. The van der Waals surface area contributed by atoms with Crippen LogP contribution in [0.4, 0.5) is 0 Å². The highest BCUT2D eigenvalue weighted by atomic mass is 16.4. The van der Waals surface area contributed by atoms with E-state index in [1.54, 1.807) is 0 Å². The number of carbonyl (C=O) groups is 2. The minimum atomic E-state index is -0.995. The van der Waals surface area contributed by atoms with E-state index in [9.17, 15) is 14.7 Å². The monoisotopic (exact) mass is 339 g/mol. The van der Waals surface area contributed by atoms with Crippen molar-refractivity contribution in [2.45, 2.75) is 44.6 Å². The maximum atomic E-state index is 13.2. The lowest BCUT2D eigenvalue weighted by Gasteiger charge is -2.31. The molecule has 1 atom stereocenters. The molecule has 2 aromatic carbocycles. The molecule has 1 amide bonds. The molecule has 0 aliphatic rings. The molecule has 0 radical (unpaired) electrons. The topological polar surface area (TPSA) is 66.4 Å². The van der Waals surface area contributed by atoms with E-state index in [4.69, 9.17) is 0 Å². The Balaban J connectivity index is 2.39. The number of amides is 1. The van der Waals surface area contributed by atoms with Crippen LogP contribution in [0.1, 0.15) is 44.2 Å². The van der Waals surface area contributed by atoms with Crippen molar-refractivity contribution in [3.63, 3.8) is 0 Å². The zero-order valence-corrected chi connectivity index (χ0v) is 14.7. The molecule has 0 aromatic heterocycles. The molecule has 0 saturated carbocycles. The summed E-state index contributed by atoms with van der Waals surface area (Å²) in [6.07, 6.45) is 2.07. The van der Waals surface area contributed by atoms with Gasteiger partial charge in [-0.05, 0) is 24.5 Å². The Bertz CT molecular complexity index is 658. The van der Waals surface area contributed by atoms with Crippen molar-refractivity contribution in [2.75, 3.05) is 0 Å². The molecular formula is C21H25NO3. The zero-order valence-electron chi connectivity index (χ0n) is 14.7. The molecule has 0 aliphatic carbocycles. The largest absolute Gasteiger partial charge is 0.480 e. The van der Waals surface area contributed by atoms with Crippen LogP contribution in [0.2, 0.25) is 0 Å². The minimum absolute atomic E-state index is 0.298. The van der Waals surface area contributed by atoms with E-state index in [2.05, 4.69) is 5.32 Å². The number of benzene rings is 2. The van der Waals surface area contributed by atoms with Gasteiger partial charge >= 0.3 is 5.97 Å². The molecule has 0 fully saturated rings. The number of unbranched alkanes of at least 4 members (excludes halogenated alkanes) is 1. The van der Waals surface area contributed by atoms with Crippen LogP contribution in [-0.2, 0) is 15.0 Å². The van der Waals surface area contributed by atoms with Gasteiger partial charge in [0.25, 0.3) is 0 Å². The predicted octanol–water partition coefficient (Wildman–Crippen LogP) is 3.75. The van der Waals surface area contributed by atoms with E-state index < -0.39 is 17.4 Å². The Kier molecular flexibility index (Phi) is 6.34. The van der Waals surface area contributed by atoms with Crippen molar-refractivity contribution in [2.24, 2.45) is 0 Å². The summed E-state index contributed by atoms with van der Waals surface area (Å²) in [5.41, 5.74) is 0.708. The Labute approximate surface area is 148 Å². The van der Waals surface area contributed by atoms with Gasteiger partial charge in [0.05, 0.1) is 5.41 Å². The summed E-state index contributed by atoms with van der Waals surface area (Å²) in [4.78, 5) is 24.7. The van der Waals surface area contributed by atoms with Crippen LogP contribution in [0.3, 0.4) is 0 Å². The Morgan fingerprint density at radius 1 is 1.00 bits per heavy atom. The van der Waals surface area contributed by atoms with E-state index >= 15 is 0 Å². The predicted molar refractivity (Wildman–Crippen MR) is 98.4 cm³/mol. The lowest BCUT2D eigenvalue weighted by molar-refractivity contribution is -0.142. The van der Waals surface area contributed by atoms with E-state index in [1.165, 1.54) is 0 Å². The van der Waals surface area contributed by atoms with Crippen molar-refractivity contribution in [3.05, 3.63) is 71.8 Å². The van der Waals surface area contributed by atoms with Gasteiger partial charge in [0.1, 0.15) is 6.04 Å². The summed E-state index contributed by atoms with van der Waals surface area (Å²) in [6.45, 7) is 3.84. The summed E-state index contributed by atoms with van der Waals surface area (Å²) in [6, 6.07) is 18.0. The van der Waals surface area contributed by atoms with Gasteiger partial charge in [-0.2, -0.15) is 0 Å². The second-order valence-electron chi connectivity index (χ2n) is 6.36. The lowest BCUT2D eigenvalue weighted by Crippen LogP contribution is -2.50. The number of carboxylic acid groups (broad SMARTS) is 1. The van der Waals surface area contributed by atoms with Crippen LogP contribution in [0.15, 0.2) is 60.7 Å². The van der Waals surface area contributed by atoms with Crippen molar-refractivity contribution < 1.29 is 14.7 Å². The highest BCUT2D eigenvalue weighted by Crippen LogP contribution is 2.32. The van der Waals surface area contributed by atoms with Gasteiger partial charge in [0, 0.05) is 0 Å². The quantitative estimate of drug-likeness (QED) is 0.770. The average Bonchev–Trinajstić information content (AvgIpc) is 2.65. The summed E-state index contributed by atoms with van der Waals surface area (Å²) >= 11 is 0. The summed E-state index contributed by atoms with van der Waals surface area (Å²) < 4.78 is 0. The van der Waals surface area contributed by atoms with Crippen molar-refractivity contribution in [1.82, 2.24) is 5.32 Å². The highest BCUT2D eigenvalue weighted by molar-refractivity contribution is 5.94. The van der Waals surface area contributed by atoms with Gasteiger partial charge < -0.3 is 10.4 Å². The normalized spacial score (nSPS) is 12.4. The van der Waals surface area contributed by atoms with Crippen LogP contribution in [-0.4, -0.2) is 23.0 Å². The fourth-order valence-corrected chi connectivity index (χ4v) is 2.94. The van der Waals surface area contributed by atoms with Gasteiger partial charge in [-0.15, -0.1) is 0 Å². The van der Waals surface area contributed by atoms with Gasteiger partial charge in [-0.3, -0.25) is 4.79 Å². The fourth-order valence-electron chi connectivity index (χ4n) is 2.94. The van der Waals surface area contributed by atoms with Crippen LogP contribution in [0.25, 0.3) is 0 Å². The number of carboxylic acids is 1. The Hall–Kier alpha value is -2.62. The molecule has 4 heteroatoms. The molecule has 0 aliphatic heterocycles. The first-order valence-electron chi connectivity index (χ1n) is 8.65. The molecule has 25 heavy (non-hydrogen) atoms. The van der Waals surface area contributed by atoms with Gasteiger partial charge in [-0.25, -0.2) is 4.79 Å². The van der Waals surface area contributed by atoms with Crippen LogP contribution in [0.5, 0.6) is 0 Å². The first-order valence-corrected chi connectivity index (χ1v) is 8.65. The second kappa shape index (κ2) is 8.47. The molecule has 0 saturated heterocycles. The summed E-state index contributed by atoms with van der Waals surface area (Å²) in [7, 11) is 0. The number of hydrogen-bond acceptors (Lipinski definition) is 2. The van der Waals surface area contributed by atoms with Crippen molar-refractivity contribution in [1.29, 1.82) is 0 Å². The summed E-state index contributed by atoms with van der Waals surface area (Å²) in [5.74, 6) is -1.29. The number of aliphatic carboxylic acids is 1. The average molecular weight is 339 g/mol. The molecule has 0 unspecified atom stereocenters. The molecule has 2 aromatic rings. The Morgan fingerprint density at radius 3 is 1.88 bits per heavy atom.